The Bertz CT molecular complexity index is 1030. The molecule has 0 unspecified atom stereocenters. The van der Waals surface area contributed by atoms with E-state index >= 15 is 0 Å². The molecular formula is C23H23N3O2. The van der Waals surface area contributed by atoms with Crippen LogP contribution in [0.2, 0.25) is 0 Å². The van der Waals surface area contributed by atoms with Crippen LogP contribution in [0.25, 0.3) is 22.4 Å². The molecule has 5 heteroatoms. The molecule has 1 aliphatic heterocycles. The van der Waals surface area contributed by atoms with Gasteiger partial charge in [0, 0.05) is 36.8 Å². The molecule has 0 saturated carbocycles. The van der Waals surface area contributed by atoms with Gasteiger partial charge >= 0.3 is 0 Å². The summed E-state index contributed by atoms with van der Waals surface area (Å²) in [4.78, 5) is 2.42. The van der Waals surface area contributed by atoms with Gasteiger partial charge in [-0.1, -0.05) is 48.5 Å². The minimum Gasteiger partial charge on any atom is -0.454 e. The summed E-state index contributed by atoms with van der Waals surface area (Å²) < 4.78 is 13.6. The number of para-hydroxylation sites is 1. The quantitative estimate of drug-likeness (QED) is 0.526. The average molecular weight is 373 g/mol. The number of aromatic nitrogens is 2. The van der Waals surface area contributed by atoms with E-state index in [4.69, 9.17) is 14.3 Å². The van der Waals surface area contributed by atoms with Gasteiger partial charge in [-0.15, -0.1) is 0 Å². The summed E-state index contributed by atoms with van der Waals surface area (Å²) in [5.74, 6) is 0.830. The molecule has 5 nitrogen and oxygen atoms in total. The number of fused-ring (bicyclic) bond motifs is 1. The normalized spacial score (nSPS) is 15.3. The highest BCUT2D eigenvalue weighted by Gasteiger charge is 2.19. The molecule has 2 aromatic carbocycles. The second kappa shape index (κ2) is 7.62. The van der Waals surface area contributed by atoms with E-state index in [1.165, 1.54) is 11.1 Å². The molecule has 0 atom stereocenters. The first kappa shape index (κ1) is 17.2. The second-order valence-corrected chi connectivity index (χ2v) is 7.22. The summed E-state index contributed by atoms with van der Waals surface area (Å²) in [6.45, 7) is 5.07. The Kier molecular flexibility index (Phi) is 4.69. The number of nitrogens with zero attached hydrogens (tertiary/aromatic N) is 3. The molecule has 4 aromatic rings. The van der Waals surface area contributed by atoms with Gasteiger partial charge in [0.15, 0.2) is 5.76 Å². The predicted octanol–water partition coefficient (Wildman–Crippen LogP) is 4.18. The Hall–Kier alpha value is -2.89. The molecule has 0 spiro atoms. The van der Waals surface area contributed by atoms with Crippen LogP contribution in [0.1, 0.15) is 11.1 Å². The van der Waals surface area contributed by atoms with E-state index in [1.807, 2.05) is 28.9 Å². The molecule has 0 amide bonds. The number of hydrogen-bond donors (Lipinski definition) is 0. The van der Waals surface area contributed by atoms with Crippen molar-refractivity contribution >= 4 is 11.0 Å². The van der Waals surface area contributed by atoms with Gasteiger partial charge in [-0.25, -0.2) is 0 Å². The highest BCUT2D eigenvalue weighted by molar-refractivity contribution is 5.82. The fourth-order valence-corrected chi connectivity index (χ4v) is 3.74. The third-order valence-electron chi connectivity index (χ3n) is 5.18. The third kappa shape index (κ3) is 3.59. The smallest absolute Gasteiger partial charge is 0.156 e. The maximum absolute atomic E-state index is 6.13. The zero-order valence-corrected chi connectivity index (χ0v) is 15.8. The van der Waals surface area contributed by atoms with Crippen molar-refractivity contribution in [2.75, 3.05) is 26.3 Å². The molecule has 2 aromatic heterocycles. The monoisotopic (exact) mass is 373 g/mol. The number of rotatable bonds is 5. The number of ether oxygens (including phenoxy) is 1. The maximum atomic E-state index is 6.13. The highest BCUT2D eigenvalue weighted by Crippen LogP contribution is 2.30. The largest absolute Gasteiger partial charge is 0.454 e. The van der Waals surface area contributed by atoms with E-state index in [0.717, 1.165) is 61.8 Å². The van der Waals surface area contributed by atoms with Crippen molar-refractivity contribution in [3.05, 3.63) is 78.0 Å². The van der Waals surface area contributed by atoms with Gasteiger partial charge in [-0.05, 0) is 17.7 Å². The van der Waals surface area contributed by atoms with Crippen LogP contribution in [0.4, 0.5) is 0 Å². The van der Waals surface area contributed by atoms with Crippen molar-refractivity contribution in [3.63, 3.8) is 0 Å². The van der Waals surface area contributed by atoms with Gasteiger partial charge in [-0.3, -0.25) is 9.58 Å². The summed E-state index contributed by atoms with van der Waals surface area (Å²) in [5.41, 5.74) is 4.25. The Morgan fingerprint density at radius 1 is 0.893 bits per heavy atom. The number of benzene rings is 2. The molecule has 5 rings (SSSR count). The Balaban J connectivity index is 1.50. The maximum Gasteiger partial charge on any atom is 0.156 e. The zero-order valence-electron chi connectivity index (χ0n) is 15.8. The number of furan rings is 1. The summed E-state index contributed by atoms with van der Waals surface area (Å²) >= 11 is 0. The molecule has 0 aliphatic carbocycles. The SMILES string of the molecule is c1ccc(Cn2cc(CN3CCOCC3)c(-c3cc4ccccc4o3)n2)cc1. The Labute approximate surface area is 164 Å². The molecular weight excluding hydrogens is 350 g/mol. The minimum atomic E-state index is 0.747. The van der Waals surface area contributed by atoms with Crippen LogP contribution in [0, 0.1) is 0 Å². The zero-order chi connectivity index (χ0) is 18.8. The summed E-state index contributed by atoms with van der Waals surface area (Å²) in [7, 11) is 0. The van der Waals surface area contributed by atoms with Crippen LogP contribution in [-0.4, -0.2) is 41.0 Å². The van der Waals surface area contributed by atoms with Crippen molar-refractivity contribution in [1.82, 2.24) is 14.7 Å². The molecule has 1 aliphatic rings. The number of hydrogen-bond acceptors (Lipinski definition) is 4. The summed E-state index contributed by atoms with van der Waals surface area (Å²) in [5, 5.41) is 6.01. The molecule has 0 radical (unpaired) electrons. The summed E-state index contributed by atoms with van der Waals surface area (Å²) in [6.07, 6.45) is 2.16. The predicted molar refractivity (Wildman–Crippen MR) is 109 cm³/mol. The minimum absolute atomic E-state index is 0.747. The van der Waals surface area contributed by atoms with Gasteiger partial charge in [0.2, 0.25) is 0 Å². The standard InChI is InChI=1S/C23H23N3O2/c1-2-6-18(7-3-1)15-26-17-20(16-25-10-12-27-13-11-25)23(24-26)22-14-19-8-4-5-9-21(19)28-22/h1-9,14,17H,10-13,15-16H2. The molecule has 1 fully saturated rings. The lowest BCUT2D eigenvalue weighted by Gasteiger charge is -2.26. The van der Waals surface area contributed by atoms with Crippen LogP contribution in [-0.2, 0) is 17.8 Å². The fraction of sp³-hybridized carbons (Fsp3) is 0.261. The Morgan fingerprint density at radius 3 is 2.50 bits per heavy atom. The van der Waals surface area contributed by atoms with E-state index in [0.29, 0.717) is 0 Å². The first-order valence-corrected chi connectivity index (χ1v) is 9.74. The highest BCUT2D eigenvalue weighted by atomic mass is 16.5. The molecule has 3 heterocycles. The second-order valence-electron chi connectivity index (χ2n) is 7.22. The van der Waals surface area contributed by atoms with E-state index < -0.39 is 0 Å². The van der Waals surface area contributed by atoms with Crippen LogP contribution in [0.15, 0.2) is 71.3 Å². The topological polar surface area (TPSA) is 43.4 Å². The van der Waals surface area contributed by atoms with Crippen LogP contribution >= 0.6 is 0 Å². The third-order valence-corrected chi connectivity index (χ3v) is 5.18. The lowest BCUT2D eigenvalue weighted by molar-refractivity contribution is 0.0342. The van der Waals surface area contributed by atoms with Gasteiger partial charge in [0.1, 0.15) is 11.3 Å². The lowest BCUT2D eigenvalue weighted by Crippen LogP contribution is -2.35. The van der Waals surface area contributed by atoms with E-state index in [9.17, 15) is 0 Å². The molecule has 0 N–H and O–H groups in total. The Morgan fingerprint density at radius 2 is 1.68 bits per heavy atom. The van der Waals surface area contributed by atoms with Gasteiger partial charge in [-0.2, -0.15) is 5.10 Å². The van der Waals surface area contributed by atoms with Crippen molar-refractivity contribution in [2.45, 2.75) is 13.1 Å². The van der Waals surface area contributed by atoms with E-state index in [2.05, 4.69) is 47.5 Å². The van der Waals surface area contributed by atoms with Crippen molar-refractivity contribution < 1.29 is 9.15 Å². The fourth-order valence-electron chi connectivity index (χ4n) is 3.74. The van der Waals surface area contributed by atoms with Crippen molar-refractivity contribution in [3.8, 4) is 11.5 Å². The van der Waals surface area contributed by atoms with Crippen LogP contribution in [0.3, 0.4) is 0 Å². The van der Waals surface area contributed by atoms with E-state index in [1.54, 1.807) is 0 Å². The van der Waals surface area contributed by atoms with Crippen molar-refractivity contribution in [2.24, 2.45) is 0 Å². The molecule has 0 bridgehead atoms. The number of morpholine rings is 1. The average Bonchev–Trinajstić information content (AvgIpc) is 3.33. The van der Waals surface area contributed by atoms with Crippen LogP contribution < -0.4 is 0 Å². The molecule has 1 saturated heterocycles. The molecule has 142 valence electrons. The van der Waals surface area contributed by atoms with Gasteiger partial charge < -0.3 is 9.15 Å². The molecule has 28 heavy (non-hydrogen) atoms. The van der Waals surface area contributed by atoms with E-state index in [-0.39, 0.29) is 0 Å². The van der Waals surface area contributed by atoms with Gasteiger partial charge in [0.05, 0.1) is 19.8 Å². The summed E-state index contributed by atoms with van der Waals surface area (Å²) in [6, 6.07) is 20.6. The first-order chi connectivity index (χ1) is 13.8. The lowest BCUT2D eigenvalue weighted by atomic mass is 10.1. The van der Waals surface area contributed by atoms with Crippen LogP contribution in [0.5, 0.6) is 0 Å². The van der Waals surface area contributed by atoms with Crippen molar-refractivity contribution in [1.29, 1.82) is 0 Å². The van der Waals surface area contributed by atoms with Gasteiger partial charge in [0.25, 0.3) is 0 Å². The first-order valence-electron chi connectivity index (χ1n) is 9.74.